The molecule has 1 aliphatic rings. The Hall–Kier alpha value is -3.21. The van der Waals surface area contributed by atoms with Crippen molar-refractivity contribution in [2.75, 3.05) is 17.2 Å². The highest BCUT2D eigenvalue weighted by atomic mass is 16.6. The molecule has 28 heavy (non-hydrogen) atoms. The lowest BCUT2D eigenvalue weighted by Gasteiger charge is -2.32. The molecular formula is C18H20N4O6. The SMILES string of the molecule is O=C(O)CN(Cc1ccccc1)Cc1cc([N+](=O)[O-])cc2c1NC(O)C(O)N2. The summed E-state index contributed by atoms with van der Waals surface area (Å²) >= 11 is 0. The van der Waals surface area contributed by atoms with Gasteiger partial charge in [0.15, 0.2) is 12.5 Å². The van der Waals surface area contributed by atoms with Gasteiger partial charge in [-0.25, -0.2) is 0 Å². The quantitative estimate of drug-likeness (QED) is 0.348. The van der Waals surface area contributed by atoms with E-state index in [4.69, 9.17) is 0 Å². The standard InChI is InChI=1S/C18H20N4O6/c23-15(24)10-21(8-11-4-2-1-3-5-11)9-12-6-13(22(27)28)7-14-16(12)20-18(26)17(25)19-14/h1-7,17-20,25-26H,8-10H2,(H,23,24). The Kier molecular flexibility index (Phi) is 5.73. The van der Waals surface area contributed by atoms with Gasteiger partial charge in [0.05, 0.1) is 22.8 Å². The van der Waals surface area contributed by atoms with Crippen LogP contribution in [0.25, 0.3) is 0 Å². The van der Waals surface area contributed by atoms with E-state index < -0.39 is 23.3 Å². The fourth-order valence-corrected chi connectivity index (χ4v) is 3.11. The van der Waals surface area contributed by atoms with Gasteiger partial charge in [-0.3, -0.25) is 19.8 Å². The zero-order valence-electron chi connectivity index (χ0n) is 14.8. The lowest BCUT2D eigenvalue weighted by Crippen LogP contribution is -2.43. The van der Waals surface area contributed by atoms with E-state index in [1.54, 1.807) is 4.90 Å². The minimum absolute atomic E-state index is 0.0860. The topological polar surface area (TPSA) is 148 Å². The second kappa shape index (κ2) is 8.21. The normalized spacial score (nSPS) is 18.1. The summed E-state index contributed by atoms with van der Waals surface area (Å²) in [6, 6.07) is 11.8. The van der Waals surface area contributed by atoms with E-state index in [1.165, 1.54) is 12.1 Å². The average Bonchev–Trinajstić information content (AvgIpc) is 2.63. The molecule has 2 aromatic carbocycles. The summed E-state index contributed by atoms with van der Waals surface area (Å²) in [6.07, 6.45) is -2.64. The van der Waals surface area contributed by atoms with Crippen molar-refractivity contribution >= 4 is 23.0 Å². The first-order chi connectivity index (χ1) is 13.3. The van der Waals surface area contributed by atoms with Crippen LogP contribution in [-0.2, 0) is 17.9 Å². The number of aliphatic carboxylic acids is 1. The fourth-order valence-electron chi connectivity index (χ4n) is 3.11. The van der Waals surface area contributed by atoms with Gasteiger partial charge >= 0.3 is 5.97 Å². The number of nitrogens with zero attached hydrogens (tertiary/aromatic N) is 2. The Morgan fingerprint density at radius 1 is 1.11 bits per heavy atom. The monoisotopic (exact) mass is 388 g/mol. The van der Waals surface area contributed by atoms with Crippen LogP contribution in [-0.4, -0.2) is 50.1 Å². The van der Waals surface area contributed by atoms with E-state index in [0.29, 0.717) is 17.8 Å². The predicted molar refractivity (Wildman–Crippen MR) is 101 cm³/mol. The first kappa shape index (κ1) is 19.5. The molecule has 10 heteroatoms. The zero-order chi connectivity index (χ0) is 20.3. The molecule has 2 atom stereocenters. The van der Waals surface area contributed by atoms with Crippen LogP contribution >= 0.6 is 0 Å². The van der Waals surface area contributed by atoms with E-state index in [2.05, 4.69) is 10.6 Å². The maximum atomic E-state index is 11.3. The summed E-state index contributed by atoms with van der Waals surface area (Å²) < 4.78 is 0. The van der Waals surface area contributed by atoms with Gasteiger partial charge in [0.1, 0.15) is 0 Å². The molecule has 0 aromatic heterocycles. The number of hydrogen-bond acceptors (Lipinski definition) is 8. The molecule has 0 saturated carbocycles. The van der Waals surface area contributed by atoms with Gasteiger partial charge in [0.2, 0.25) is 0 Å². The van der Waals surface area contributed by atoms with Crippen molar-refractivity contribution in [3.8, 4) is 0 Å². The Labute approximate surface area is 160 Å². The first-order valence-electron chi connectivity index (χ1n) is 8.52. The molecule has 0 saturated heterocycles. The minimum Gasteiger partial charge on any atom is -0.480 e. The zero-order valence-corrected chi connectivity index (χ0v) is 14.8. The van der Waals surface area contributed by atoms with Gasteiger partial charge in [-0.2, -0.15) is 0 Å². The number of carbonyl (C=O) groups is 1. The summed E-state index contributed by atoms with van der Waals surface area (Å²) in [5.41, 5.74) is 1.76. The van der Waals surface area contributed by atoms with Gasteiger partial charge in [-0.15, -0.1) is 0 Å². The summed E-state index contributed by atoms with van der Waals surface area (Å²) in [6.45, 7) is 0.136. The number of hydrogen-bond donors (Lipinski definition) is 5. The number of non-ortho nitro benzene ring substituents is 1. The molecule has 2 unspecified atom stereocenters. The van der Waals surface area contributed by atoms with Crippen LogP contribution in [0.15, 0.2) is 42.5 Å². The van der Waals surface area contributed by atoms with E-state index in [-0.39, 0.29) is 24.5 Å². The maximum absolute atomic E-state index is 11.3. The van der Waals surface area contributed by atoms with E-state index >= 15 is 0 Å². The van der Waals surface area contributed by atoms with Gasteiger partial charge < -0.3 is 26.0 Å². The Bertz CT molecular complexity index is 876. The molecule has 2 aromatic rings. The highest BCUT2D eigenvalue weighted by Crippen LogP contribution is 2.36. The van der Waals surface area contributed by atoms with E-state index in [1.807, 2.05) is 30.3 Å². The number of carboxylic acid groups (broad SMARTS) is 1. The van der Waals surface area contributed by atoms with Crippen LogP contribution in [0, 0.1) is 10.1 Å². The average molecular weight is 388 g/mol. The Morgan fingerprint density at radius 2 is 1.79 bits per heavy atom. The van der Waals surface area contributed by atoms with Crippen molar-refractivity contribution < 1.29 is 25.0 Å². The van der Waals surface area contributed by atoms with Crippen molar-refractivity contribution in [2.24, 2.45) is 0 Å². The first-order valence-corrected chi connectivity index (χ1v) is 8.52. The molecule has 1 heterocycles. The Morgan fingerprint density at radius 3 is 2.43 bits per heavy atom. The summed E-state index contributed by atoms with van der Waals surface area (Å²) in [5.74, 6) is -1.03. The second-order valence-electron chi connectivity index (χ2n) is 6.49. The lowest BCUT2D eigenvalue weighted by atomic mass is 10.1. The Balaban J connectivity index is 1.95. The number of rotatable bonds is 7. The second-order valence-corrected chi connectivity index (χ2v) is 6.49. The smallest absolute Gasteiger partial charge is 0.317 e. The molecular weight excluding hydrogens is 368 g/mol. The molecule has 0 amide bonds. The third-order valence-electron chi connectivity index (χ3n) is 4.31. The molecule has 0 bridgehead atoms. The van der Waals surface area contributed by atoms with Crippen molar-refractivity contribution in [1.82, 2.24) is 4.90 Å². The molecule has 148 valence electrons. The van der Waals surface area contributed by atoms with Gasteiger partial charge in [0, 0.05) is 25.2 Å². The summed E-state index contributed by atoms with van der Waals surface area (Å²) in [7, 11) is 0. The van der Waals surface area contributed by atoms with Crippen molar-refractivity contribution in [3.63, 3.8) is 0 Å². The van der Waals surface area contributed by atoms with E-state index in [9.17, 15) is 30.2 Å². The van der Waals surface area contributed by atoms with Crippen LogP contribution in [0.1, 0.15) is 11.1 Å². The molecule has 0 spiro atoms. The fraction of sp³-hybridized carbons (Fsp3) is 0.278. The van der Waals surface area contributed by atoms with Gasteiger partial charge in [-0.05, 0) is 11.1 Å². The van der Waals surface area contributed by atoms with Gasteiger partial charge in [0.25, 0.3) is 5.69 Å². The lowest BCUT2D eigenvalue weighted by molar-refractivity contribution is -0.384. The molecule has 0 aliphatic carbocycles. The number of fused-ring (bicyclic) bond motifs is 1. The molecule has 10 nitrogen and oxygen atoms in total. The molecule has 0 radical (unpaired) electrons. The highest BCUT2D eigenvalue weighted by molar-refractivity contribution is 5.78. The molecule has 3 rings (SSSR count). The number of aliphatic hydroxyl groups excluding tert-OH is 2. The van der Waals surface area contributed by atoms with Crippen LogP contribution in [0.2, 0.25) is 0 Å². The molecule has 1 aliphatic heterocycles. The maximum Gasteiger partial charge on any atom is 0.317 e. The number of anilines is 2. The number of aliphatic hydroxyl groups is 2. The highest BCUT2D eigenvalue weighted by Gasteiger charge is 2.28. The third kappa shape index (κ3) is 4.55. The number of nitro groups is 1. The van der Waals surface area contributed by atoms with Crippen molar-refractivity contribution in [1.29, 1.82) is 0 Å². The van der Waals surface area contributed by atoms with Crippen LogP contribution < -0.4 is 10.6 Å². The number of nitrogens with one attached hydrogen (secondary N) is 2. The largest absolute Gasteiger partial charge is 0.480 e. The third-order valence-corrected chi connectivity index (χ3v) is 4.31. The molecule has 5 N–H and O–H groups in total. The summed E-state index contributed by atoms with van der Waals surface area (Å²) in [5, 5.41) is 45.5. The van der Waals surface area contributed by atoms with Crippen molar-refractivity contribution in [3.05, 3.63) is 63.7 Å². The minimum atomic E-state index is -1.33. The van der Waals surface area contributed by atoms with Crippen LogP contribution in [0.3, 0.4) is 0 Å². The van der Waals surface area contributed by atoms with Gasteiger partial charge in [-0.1, -0.05) is 30.3 Å². The number of nitro benzene ring substituents is 1. The van der Waals surface area contributed by atoms with E-state index in [0.717, 1.165) is 5.56 Å². The van der Waals surface area contributed by atoms with Crippen molar-refractivity contribution in [2.45, 2.75) is 25.5 Å². The predicted octanol–water partition coefficient (Wildman–Crippen LogP) is 1.16. The number of benzene rings is 2. The van der Waals surface area contributed by atoms with Crippen LogP contribution in [0.4, 0.5) is 17.1 Å². The molecule has 0 fully saturated rings. The van der Waals surface area contributed by atoms with Crippen LogP contribution in [0.5, 0.6) is 0 Å². The number of carboxylic acids is 1. The summed E-state index contributed by atoms with van der Waals surface area (Å²) in [4.78, 5) is 23.6.